The van der Waals surface area contributed by atoms with E-state index in [1.807, 2.05) is 4.90 Å². The Morgan fingerprint density at radius 2 is 1.77 bits per heavy atom. The number of nitrogens with zero attached hydrogens (tertiary/aromatic N) is 3. The number of methoxy groups -OCH3 is 1. The van der Waals surface area contributed by atoms with E-state index in [9.17, 15) is 18.8 Å². The third kappa shape index (κ3) is 3.37. The number of hydrogen-bond acceptors (Lipinski definition) is 4. The Morgan fingerprint density at radius 3 is 2.33 bits per heavy atom. The van der Waals surface area contributed by atoms with Crippen LogP contribution in [0.4, 0.5) is 10.1 Å². The van der Waals surface area contributed by atoms with Crippen LogP contribution in [0.15, 0.2) is 24.3 Å². The quantitative estimate of drug-likeness (QED) is 0.704. The van der Waals surface area contributed by atoms with E-state index >= 15 is 0 Å². The van der Waals surface area contributed by atoms with Gasteiger partial charge in [-0.25, -0.2) is 4.39 Å². The topological polar surface area (TPSA) is 70.2 Å². The third-order valence-corrected chi connectivity index (χ3v) is 6.91. The summed E-state index contributed by atoms with van der Waals surface area (Å²) >= 11 is 0. The first-order valence-corrected chi connectivity index (χ1v) is 10.5. The van der Waals surface area contributed by atoms with Crippen LogP contribution in [0.25, 0.3) is 0 Å². The maximum atomic E-state index is 13.8. The number of hydrogen-bond donors (Lipinski definition) is 0. The predicted molar refractivity (Wildman–Crippen MR) is 108 cm³/mol. The van der Waals surface area contributed by atoms with Gasteiger partial charge in [-0.15, -0.1) is 0 Å². The van der Waals surface area contributed by atoms with Crippen LogP contribution in [-0.4, -0.2) is 72.5 Å². The molecular formula is C22H28FN3O4. The molecule has 8 heteroatoms. The van der Waals surface area contributed by atoms with E-state index in [0.717, 1.165) is 0 Å². The number of halogens is 1. The van der Waals surface area contributed by atoms with Crippen molar-refractivity contribution in [2.24, 2.45) is 5.92 Å². The summed E-state index contributed by atoms with van der Waals surface area (Å²) < 4.78 is 19.2. The summed E-state index contributed by atoms with van der Waals surface area (Å²) in [5.41, 5.74) is -0.0151. The van der Waals surface area contributed by atoms with Gasteiger partial charge in [-0.3, -0.25) is 14.4 Å². The Morgan fingerprint density at radius 1 is 1.10 bits per heavy atom. The minimum atomic E-state index is -0.572. The van der Waals surface area contributed by atoms with Crippen LogP contribution in [0.3, 0.4) is 0 Å². The summed E-state index contributed by atoms with van der Waals surface area (Å²) in [6.45, 7) is 3.87. The zero-order chi connectivity index (χ0) is 21.5. The summed E-state index contributed by atoms with van der Waals surface area (Å²) in [7, 11) is 1.52. The summed E-state index contributed by atoms with van der Waals surface area (Å²) in [6.07, 6.45) is 1.98. The lowest BCUT2D eigenvalue weighted by Crippen LogP contribution is -2.78. The predicted octanol–water partition coefficient (Wildman–Crippen LogP) is 1.81. The number of β-lactam (4-membered cyclic amide) rings is 1. The highest BCUT2D eigenvalue weighted by atomic mass is 19.1. The third-order valence-electron chi connectivity index (χ3n) is 6.91. The molecule has 1 aromatic carbocycles. The van der Waals surface area contributed by atoms with Gasteiger partial charge in [0, 0.05) is 51.8 Å². The van der Waals surface area contributed by atoms with E-state index in [0.29, 0.717) is 57.5 Å². The van der Waals surface area contributed by atoms with Gasteiger partial charge in [0.2, 0.25) is 11.8 Å². The van der Waals surface area contributed by atoms with Crippen molar-refractivity contribution in [3.05, 3.63) is 30.1 Å². The molecule has 3 amide bonds. The molecule has 0 N–H and O–H groups in total. The van der Waals surface area contributed by atoms with Gasteiger partial charge in [0.1, 0.15) is 5.82 Å². The lowest BCUT2D eigenvalue weighted by atomic mass is 9.72. The fourth-order valence-corrected chi connectivity index (χ4v) is 5.24. The van der Waals surface area contributed by atoms with Crippen molar-refractivity contribution in [3.8, 4) is 0 Å². The van der Waals surface area contributed by atoms with Crippen LogP contribution in [0.1, 0.15) is 32.6 Å². The van der Waals surface area contributed by atoms with E-state index in [1.165, 1.54) is 19.2 Å². The van der Waals surface area contributed by atoms with Gasteiger partial charge in [-0.1, -0.05) is 6.07 Å². The highest BCUT2D eigenvalue weighted by molar-refractivity contribution is 6.07. The van der Waals surface area contributed by atoms with E-state index in [4.69, 9.17) is 4.74 Å². The molecule has 0 aliphatic carbocycles. The Bertz CT molecular complexity index is 845. The fraction of sp³-hybridized carbons (Fsp3) is 0.591. The first-order valence-electron chi connectivity index (χ1n) is 10.5. The normalized spacial score (nSPS) is 24.2. The maximum Gasteiger partial charge on any atom is 0.259 e. The number of amides is 3. The van der Waals surface area contributed by atoms with Crippen molar-refractivity contribution in [2.75, 3.05) is 38.2 Å². The van der Waals surface area contributed by atoms with Crippen molar-refractivity contribution >= 4 is 23.4 Å². The van der Waals surface area contributed by atoms with Crippen molar-refractivity contribution in [1.29, 1.82) is 0 Å². The molecular weight excluding hydrogens is 389 g/mol. The maximum absolute atomic E-state index is 13.8. The smallest absolute Gasteiger partial charge is 0.259 e. The minimum Gasteiger partial charge on any atom is -0.369 e. The number of likely N-dealkylation sites (tertiary alicyclic amines) is 2. The average Bonchev–Trinajstić information content (AvgIpc) is 2.74. The second-order valence-corrected chi connectivity index (χ2v) is 8.48. The molecule has 0 radical (unpaired) electrons. The van der Waals surface area contributed by atoms with E-state index in [-0.39, 0.29) is 29.5 Å². The van der Waals surface area contributed by atoms with Crippen LogP contribution in [0.2, 0.25) is 0 Å². The van der Waals surface area contributed by atoms with Crippen LogP contribution in [0, 0.1) is 11.7 Å². The van der Waals surface area contributed by atoms with E-state index < -0.39 is 11.6 Å². The summed E-state index contributed by atoms with van der Waals surface area (Å²) in [5.74, 6) is -0.431. The lowest BCUT2D eigenvalue weighted by molar-refractivity contribution is -0.154. The summed E-state index contributed by atoms with van der Waals surface area (Å²) in [5, 5.41) is 0. The molecule has 0 bridgehead atoms. The van der Waals surface area contributed by atoms with Gasteiger partial charge >= 0.3 is 0 Å². The SMILES string of the molecule is COC1C(=O)N(c2cccc(F)c2)C12CCN(C(=O)C1CCN(C(C)=O)CC1)CC2. The molecule has 4 rings (SSSR count). The Kier molecular flexibility index (Phi) is 5.53. The number of carbonyl (C=O) groups excluding carboxylic acids is 3. The second kappa shape index (κ2) is 7.98. The molecule has 1 atom stereocenters. The van der Waals surface area contributed by atoms with Crippen LogP contribution >= 0.6 is 0 Å². The van der Waals surface area contributed by atoms with Crippen LogP contribution in [-0.2, 0) is 19.1 Å². The molecule has 3 heterocycles. The van der Waals surface area contributed by atoms with Gasteiger partial charge in [-0.05, 0) is 43.9 Å². The average molecular weight is 417 g/mol. The van der Waals surface area contributed by atoms with Gasteiger partial charge in [0.05, 0.1) is 5.54 Å². The van der Waals surface area contributed by atoms with E-state index in [2.05, 4.69) is 0 Å². The van der Waals surface area contributed by atoms with Gasteiger partial charge < -0.3 is 19.4 Å². The van der Waals surface area contributed by atoms with Crippen molar-refractivity contribution in [3.63, 3.8) is 0 Å². The zero-order valence-corrected chi connectivity index (χ0v) is 17.5. The molecule has 30 heavy (non-hydrogen) atoms. The van der Waals surface area contributed by atoms with Crippen LogP contribution in [0.5, 0.6) is 0 Å². The first kappa shape index (κ1) is 20.8. The molecule has 1 unspecified atom stereocenters. The highest BCUT2D eigenvalue weighted by Crippen LogP contribution is 2.46. The summed E-state index contributed by atoms with van der Waals surface area (Å²) in [6, 6.07) is 6.05. The molecule has 1 aromatic rings. The Hall–Kier alpha value is -2.48. The molecule has 1 spiro atoms. The highest BCUT2D eigenvalue weighted by Gasteiger charge is 2.62. The van der Waals surface area contributed by atoms with Gasteiger partial charge in [-0.2, -0.15) is 0 Å². The molecule has 3 fully saturated rings. The number of piperidine rings is 2. The number of rotatable bonds is 3. The summed E-state index contributed by atoms with van der Waals surface area (Å²) in [4.78, 5) is 42.5. The minimum absolute atomic E-state index is 0.0542. The largest absolute Gasteiger partial charge is 0.369 e. The monoisotopic (exact) mass is 417 g/mol. The lowest BCUT2D eigenvalue weighted by Gasteiger charge is -2.59. The van der Waals surface area contributed by atoms with Crippen LogP contribution < -0.4 is 4.90 Å². The Labute approximate surface area is 175 Å². The van der Waals surface area contributed by atoms with Crippen molar-refractivity contribution < 1.29 is 23.5 Å². The van der Waals surface area contributed by atoms with Gasteiger partial charge in [0.25, 0.3) is 5.91 Å². The molecule has 0 aromatic heterocycles. The fourth-order valence-electron chi connectivity index (χ4n) is 5.24. The number of carbonyl (C=O) groups is 3. The number of ether oxygens (including phenoxy) is 1. The number of benzene rings is 1. The molecule has 3 aliphatic heterocycles. The second-order valence-electron chi connectivity index (χ2n) is 8.48. The van der Waals surface area contributed by atoms with Gasteiger partial charge in [0.15, 0.2) is 6.10 Å². The molecule has 3 aliphatic rings. The van der Waals surface area contributed by atoms with Crippen molar-refractivity contribution in [1.82, 2.24) is 9.80 Å². The van der Waals surface area contributed by atoms with Crippen molar-refractivity contribution in [2.45, 2.75) is 44.2 Å². The Balaban J connectivity index is 1.43. The molecule has 162 valence electrons. The number of anilines is 1. The molecule has 7 nitrogen and oxygen atoms in total. The standard InChI is InChI=1S/C22H28FN3O4/c1-15(27)24-10-6-16(7-11-24)20(28)25-12-8-22(9-13-25)19(30-2)21(29)26(22)18-5-3-4-17(23)14-18/h3-5,14,16,19H,6-13H2,1-2H3. The van der Waals surface area contributed by atoms with E-state index in [1.54, 1.807) is 28.9 Å². The first-order chi connectivity index (χ1) is 14.4. The zero-order valence-electron chi connectivity index (χ0n) is 17.5. The molecule has 3 saturated heterocycles. The molecule has 0 saturated carbocycles.